The van der Waals surface area contributed by atoms with E-state index in [1.54, 1.807) is 6.07 Å². The smallest absolute Gasteiger partial charge is 0.132 e. The molecule has 0 aliphatic carbocycles. The van der Waals surface area contributed by atoms with E-state index in [0.717, 1.165) is 23.4 Å². The van der Waals surface area contributed by atoms with Crippen molar-refractivity contribution in [1.29, 1.82) is 0 Å². The molecule has 0 bridgehead atoms. The maximum Gasteiger partial charge on any atom is 0.132 e. The molecule has 0 aliphatic rings. The van der Waals surface area contributed by atoms with E-state index in [4.69, 9.17) is 28.9 Å². The Hall–Kier alpha value is -1.16. The van der Waals surface area contributed by atoms with Crippen LogP contribution in [0.5, 0.6) is 0 Å². The number of aromatic nitrogens is 2. The van der Waals surface area contributed by atoms with Gasteiger partial charge >= 0.3 is 0 Å². The van der Waals surface area contributed by atoms with E-state index in [1.165, 1.54) is 0 Å². The molecule has 0 fully saturated rings. The van der Waals surface area contributed by atoms with E-state index < -0.39 is 0 Å². The summed E-state index contributed by atoms with van der Waals surface area (Å²) in [5, 5.41) is 1.10. The minimum Gasteiger partial charge on any atom is -0.328 e. The summed E-state index contributed by atoms with van der Waals surface area (Å²) in [6.07, 6.45) is 5.06. The van der Waals surface area contributed by atoms with E-state index in [-0.39, 0.29) is 6.04 Å². The van der Waals surface area contributed by atoms with Crippen molar-refractivity contribution >= 4 is 23.2 Å². The summed E-state index contributed by atoms with van der Waals surface area (Å²) >= 11 is 11.9. The SMILES string of the molecule is CC(N)Cc1cnc(Cc2ccc(Cl)c(Cl)c2)nc1. The number of halogens is 2. The van der Waals surface area contributed by atoms with Gasteiger partial charge in [0.1, 0.15) is 5.82 Å². The molecule has 1 unspecified atom stereocenters. The summed E-state index contributed by atoms with van der Waals surface area (Å²) in [4.78, 5) is 8.67. The normalized spacial score (nSPS) is 12.4. The van der Waals surface area contributed by atoms with Gasteiger partial charge in [-0.25, -0.2) is 9.97 Å². The third-order valence-electron chi connectivity index (χ3n) is 2.66. The lowest BCUT2D eigenvalue weighted by atomic mass is 10.1. The van der Waals surface area contributed by atoms with Crippen molar-refractivity contribution in [3.63, 3.8) is 0 Å². The third kappa shape index (κ3) is 4.16. The number of nitrogens with zero attached hydrogens (tertiary/aromatic N) is 2. The molecule has 1 atom stereocenters. The molecule has 2 N–H and O–H groups in total. The first-order valence-corrected chi connectivity index (χ1v) is 6.79. The molecule has 1 aromatic heterocycles. The Morgan fingerprint density at radius 1 is 1.11 bits per heavy atom. The molecule has 1 heterocycles. The van der Waals surface area contributed by atoms with Gasteiger partial charge < -0.3 is 5.73 Å². The topological polar surface area (TPSA) is 51.8 Å². The monoisotopic (exact) mass is 295 g/mol. The van der Waals surface area contributed by atoms with Crippen LogP contribution in [0.4, 0.5) is 0 Å². The minimum atomic E-state index is 0.115. The fraction of sp³-hybridized carbons (Fsp3) is 0.286. The zero-order valence-corrected chi connectivity index (χ0v) is 12.1. The van der Waals surface area contributed by atoms with Crippen LogP contribution in [-0.4, -0.2) is 16.0 Å². The molecule has 0 aliphatic heterocycles. The van der Waals surface area contributed by atoms with Gasteiger partial charge in [-0.1, -0.05) is 29.3 Å². The van der Waals surface area contributed by atoms with Gasteiger partial charge in [0.05, 0.1) is 10.0 Å². The van der Waals surface area contributed by atoms with Crippen LogP contribution in [0.1, 0.15) is 23.9 Å². The first kappa shape index (κ1) is 14.3. The van der Waals surface area contributed by atoms with Crippen LogP contribution < -0.4 is 5.73 Å². The van der Waals surface area contributed by atoms with E-state index in [1.807, 2.05) is 31.5 Å². The highest BCUT2D eigenvalue weighted by Gasteiger charge is 2.04. The van der Waals surface area contributed by atoms with Crippen molar-refractivity contribution < 1.29 is 0 Å². The highest BCUT2D eigenvalue weighted by molar-refractivity contribution is 6.42. The second kappa shape index (κ2) is 6.33. The molecule has 0 saturated heterocycles. The molecule has 0 saturated carbocycles. The van der Waals surface area contributed by atoms with Crippen molar-refractivity contribution in [3.8, 4) is 0 Å². The van der Waals surface area contributed by atoms with Crippen LogP contribution in [-0.2, 0) is 12.8 Å². The van der Waals surface area contributed by atoms with Crippen molar-refractivity contribution in [2.75, 3.05) is 0 Å². The second-order valence-electron chi connectivity index (χ2n) is 4.61. The molecule has 0 radical (unpaired) electrons. The van der Waals surface area contributed by atoms with Gasteiger partial charge in [0.15, 0.2) is 0 Å². The first-order valence-electron chi connectivity index (χ1n) is 6.04. The lowest BCUT2D eigenvalue weighted by molar-refractivity contribution is 0.729. The van der Waals surface area contributed by atoms with Gasteiger partial charge in [-0.2, -0.15) is 0 Å². The summed E-state index contributed by atoms with van der Waals surface area (Å²) in [6, 6.07) is 5.66. The number of rotatable bonds is 4. The second-order valence-corrected chi connectivity index (χ2v) is 5.43. The molecule has 1 aromatic carbocycles. The van der Waals surface area contributed by atoms with Crippen LogP contribution in [0.25, 0.3) is 0 Å². The number of hydrogen-bond donors (Lipinski definition) is 1. The minimum absolute atomic E-state index is 0.115. The summed E-state index contributed by atoms with van der Waals surface area (Å²) in [6.45, 7) is 1.96. The largest absolute Gasteiger partial charge is 0.328 e. The average molecular weight is 296 g/mol. The molecule has 0 spiro atoms. The third-order valence-corrected chi connectivity index (χ3v) is 3.40. The number of hydrogen-bond acceptors (Lipinski definition) is 3. The Bertz CT molecular complexity index is 553. The Morgan fingerprint density at radius 2 is 1.79 bits per heavy atom. The molecule has 2 aromatic rings. The quantitative estimate of drug-likeness (QED) is 0.942. The maximum absolute atomic E-state index is 5.98. The standard InChI is InChI=1S/C14H15Cl2N3/c1-9(17)4-11-7-18-14(19-8-11)6-10-2-3-12(15)13(16)5-10/h2-3,5,7-9H,4,6,17H2,1H3. The number of benzene rings is 1. The molecule has 3 nitrogen and oxygen atoms in total. The van der Waals surface area contributed by atoms with E-state index in [9.17, 15) is 0 Å². The molecule has 0 amide bonds. The van der Waals surface area contributed by atoms with Crippen molar-refractivity contribution in [2.24, 2.45) is 5.73 Å². The highest BCUT2D eigenvalue weighted by Crippen LogP contribution is 2.23. The fourth-order valence-electron chi connectivity index (χ4n) is 1.78. The Morgan fingerprint density at radius 3 is 2.37 bits per heavy atom. The predicted octanol–water partition coefficient (Wildman–Crippen LogP) is 3.26. The summed E-state index contributed by atoms with van der Waals surface area (Å²) in [5.41, 5.74) is 7.82. The average Bonchev–Trinajstić information content (AvgIpc) is 2.36. The summed E-state index contributed by atoms with van der Waals surface area (Å²) in [7, 11) is 0. The fourth-order valence-corrected chi connectivity index (χ4v) is 2.10. The summed E-state index contributed by atoms with van der Waals surface area (Å²) < 4.78 is 0. The van der Waals surface area contributed by atoms with Gasteiger partial charge in [-0.05, 0) is 36.6 Å². The van der Waals surface area contributed by atoms with Crippen LogP contribution in [0.15, 0.2) is 30.6 Å². The zero-order chi connectivity index (χ0) is 13.8. The van der Waals surface area contributed by atoms with Gasteiger partial charge in [0.2, 0.25) is 0 Å². The highest BCUT2D eigenvalue weighted by atomic mass is 35.5. The zero-order valence-electron chi connectivity index (χ0n) is 10.6. The van der Waals surface area contributed by atoms with E-state index in [0.29, 0.717) is 16.5 Å². The molecule has 2 rings (SSSR count). The molecule has 5 heteroatoms. The van der Waals surface area contributed by atoms with Gasteiger partial charge in [0.25, 0.3) is 0 Å². The molecular formula is C14H15Cl2N3. The maximum atomic E-state index is 5.98. The van der Waals surface area contributed by atoms with Gasteiger partial charge in [0, 0.05) is 24.9 Å². The Labute approximate surface area is 122 Å². The Balaban J connectivity index is 2.08. The molecule has 100 valence electrons. The predicted molar refractivity (Wildman–Crippen MR) is 78.7 cm³/mol. The van der Waals surface area contributed by atoms with Crippen LogP contribution in [0.2, 0.25) is 10.0 Å². The lowest BCUT2D eigenvalue weighted by Crippen LogP contribution is -2.18. The van der Waals surface area contributed by atoms with Crippen molar-refractivity contribution in [1.82, 2.24) is 9.97 Å². The summed E-state index contributed by atoms with van der Waals surface area (Å²) in [5.74, 6) is 0.756. The van der Waals surface area contributed by atoms with Gasteiger partial charge in [-0.15, -0.1) is 0 Å². The van der Waals surface area contributed by atoms with Crippen molar-refractivity contribution in [2.45, 2.75) is 25.8 Å². The first-order chi connectivity index (χ1) is 9.04. The van der Waals surface area contributed by atoms with Crippen molar-refractivity contribution in [3.05, 3.63) is 57.6 Å². The molecular weight excluding hydrogens is 281 g/mol. The van der Waals surface area contributed by atoms with E-state index >= 15 is 0 Å². The Kier molecular flexibility index (Phi) is 4.75. The van der Waals surface area contributed by atoms with E-state index in [2.05, 4.69) is 9.97 Å². The van der Waals surface area contributed by atoms with Crippen LogP contribution in [0, 0.1) is 0 Å². The number of nitrogens with two attached hydrogens (primary N) is 1. The molecule has 19 heavy (non-hydrogen) atoms. The van der Waals surface area contributed by atoms with Crippen LogP contribution >= 0.6 is 23.2 Å². The van der Waals surface area contributed by atoms with Crippen LogP contribution in [0.3, 0.4) is 0 Å². The van der Waals surface area contributed by atoms with Gasteiger partial charge in [-0.3, -0.25) is 0 Å². The lowest BCUT2D eigenvalue weighted by Gasteiger charge is -2.06.